The average molecular weight is 853 g/mol. The smallest absolute Gasteiger partial charge is 0.270 e. The highest BCUT2D eigenvalue weighted by Crippen LogP contribution is 2.37. The van der Waals surface area contributed by atoms with E-state index in [1.807, 2.05) is 60.7 Å². The van der Waals surface area contributed by atoms with Gasteiger partial charge in [0.2, 0.25) is 5.88 Å². The van der Waals surface area contributed by atoms with Gasteiger partial charge in [-0.05, 0) is 97.5 Å². The van der Waals surface area contributed by atoms with Crippen LogP contribution in [0.2, 0.25) is 30.1 Å². The lowest BCUT2D eigenvalue weighted by Crippen LogP contribution is -2.11. The Bertz CT molecular complexity index is 2480. The third-order valence-corrected chi connectivity index (χ3v) is 9.34. The summed E-state index contributed by atoms with van der Waals surface area (Å²) < 4.78 is 16.9. The molecule has 278 valence electrons. The number of hydrogen-bond donors (Lipinski definition) is 1. The number of rotatable bonds is 11. The minimum Gasteiger partial charge on any atom is -0.480 e. The number of H-pyrrole nitrogens is 1. The SMILES string of the molecule is COc1nc(CCc2cccc(Cl)c2)cc(Oc2cc(Cl)cc(C#N)c2)c1Cl.N#Cc1cc(Cl)cc(Oc2cc(CCc3cccc(Cl)c3)[nH]c(=O)c2Cl)c1. The van der Waals surface area contributed by atoms with E-state index in [-0.39, 0.29) is 21.7 Å². The van der Waals surface area contributed by atoms with Crippen LogP contribution in [0.3, 0.4) is 0 Å². The first kappa shape index (κ1) is 41.3. The zero-order valence-corrected chi connectivity index (χ0v) is 33.3. The van der Waals surface area contributed by atoms with Gasteiger partial charge in [-0.3, -0.25) is 4.79 Å². The highest BCUT2D eigenvalue weighted by atomic mass is 35.5. The number of aryl methyl sites for hydroxylation is 4. The molecule has 0 saturated carbocycles. The number of methoxy groups -OCH3 is 1. The van der Waals surface area contributed by atoms with Gasteiger partial charge >= 0.3 is 0 Å². The second-order valence-corrected chi connectivity index (χ2v) is 14.3. The van der Waals surface area contributed by atoms with Crippen molar-refractivity contribution < 1.29 is 14.2 Å². The number of pyridine rings is 2. The molecule has 0 atom stereocenters. The van der Waals surface area contributed by atoms with E-state index in [0.29, 0.717) is 73.4 Å². The van der Waals surface area contributed by atoms with E-state index in [1.54, 1.807) is 36.4 Å². The maximum atomic E-state index is 12.1. The summed E-state index contributed by atoms with van der Waals surface area (Å²) in [5.74, 6) is 1.57. The topological polar surface area (TPSA) is 121 Å². The Morgan fingerprint density at radius 2 is 1.15 bits per heavy atom. The van der Waals surface area contributed by atoms with Crippen LogP contribution >= 0.6 is 69.6 Å². The molecule has 0 radical (unpaired) electrons. The van der Waals surface area contributed by atoms with Crippen molar-refractivity contribution in [2.75, 3.05) is 7.11 Å². The summed E-state index contributed by atoms with van der Waals surface area (Å²) in [4.78, 5) is 19.3. The summed E-state index contributed by atoms with van der Waals surface area (Å²) in [5.41, 5.74) is 3.85. The summed E-state index contributed by atoms with van der Waals surface area (Å²) in [6.07, 6.45) is 2.65. The summed E-state index contributed by atoms with van der Waals surface area (Å²) >= 11 is 36.5. The lowest BCUT2D eigenvalue weighted by Gasteiger charge is -2.13. The van der Waals surface area contributed by atoms with Gasteiger partial charge < -0.3 is 19.2 Å². The van der Waals surface area contributed by atoms with Gasteiger partial charge in [0.05, 0.1) is 30.4 Å². The van der Waals surface area contributed by atoms with Gasteiger partial charge in [-0.2, -0.15) is 10.5 Å². The lowest BCUT2D eigenvalue weighted by atomic mass is 10.1. The maximum absolute atomic E-state index is 12.1. The highest BCUT2D eigenvalue weighted by Gasteiger charge is 2.15. The Hall–Kier alpha value is -4.90. The molecule has 2 heterocycles. The molecular formula is C41H28Cl6N4O4. The number of nitriles is 2. The average Bonchev–Trinajstić information content (AvgIpc) is 3.16. The molecule has 0 spiro atoms. The number of aromatic amines is 1. The van der Waals surface area contributed by atoms with E-state index in [0.717, 1.165) is 23.2 Å². The van der Waals surface area contributed by atoms with E-state index in [4.69, 9.17) is 94.3 Å². The van der Waals surface area contributed by atoms with Gasteiger partial charge in [0.25, 0.3) is 5.56 Å². The van der Waals surface area contributed by atoms with Crippen molar-refractivity contribution in [3.05, 3.63) is 171 Å². The monoisotopic (exact) mass is 850 g/mol. The van der Waals surface area contributed by atoms with Gasteiger partial charge in [0.15, 0.2) is 11.5 Å². The number of hydrogen-bond acceptors (Lipinski definition) is 7. The van der Waals surface area contributed by atoms with Crippen molar-refractivity contribution in [2.24, 2.45) is 0 Å². The molecule has 0 saturated heterocycles. The van der Waals surface area contributed by atoms with E-state index in [9.17, 15) is 4.79 Å². The summed E-state index contributed by atoms with van der Waals surface area (Å²) in [7, 11) is 1.49. The molecule has 6 rings (SSSR count). The molecule has 14 heteroatoms. The van der Waals surface area contributed by atoms with Crippen molar-refractivity contribution in [1.82, 2.24) is 9.97 Å². The zero-order chi connectivity index (χ0) is 39.5. The normalized spacial score (nSPS) is 10.4. The van der Waals surface area contributed by atoms with Crippen molar-refractivity contribution in [1.29, 1.82) is 10.5 Å². The van der Waals surface area contributed by atoms with Crippen LogP contribution in [0.25, 0.3) is 0 Å². The maximum Gasteiger partial charge on any atom is 0.270 e. The number of aromatic nitrogens is 2. The second-order valence-electron chi connectivity index (χ2n) is 11.8. The molecule has 0 amide bonds. The molecule has 6 aromatic rings. The predicted octanol–water partition coefficient (Wildman–Crippen LogP) is 12.3. The third-order valence-electron chi connectivity index (χ3n) is 7.72. The number of ether oxygens (including phenoxy) is 3. The first-order chi connectivity index (χ1) is 26.4. The Balaban J connectivity index is 0.000000211. The highest BCUT2D eigenvalue weighted by molar-refractivity contribution is 6.33. The molecule has 0 aliphatic carbocycles. The Kier molecular flexibility index (Phi) is 14.7. The molecule has 1 N–H and O–H groups in total. The van der Waals surface area contributed by atoms with Crippen LogP contribution in [0.1, 0.15) is 33.6 Å². The van der Waals surface area contributed by atoms with Crippen LogP contribution in [0.15, 0.2) is 102 Å². The summed E-state index contributed by atoms with van der Waals surface area (Å²) in [5, 5.41) is 20.4. The minimum atomic E-state index is -0.446. The van der Waals surface area contributed by atoms with Gasteiger partial charge in [0, 0.05) is 43.6 Å². The molecule has 4 aromatic carbocycles. The first-order valence-corrected chi connectivity index (χ1v) is 18.6. The second kappa shape index (κ2) is 19.6. The van der Waals surface area contributed by atoms with Crippen molar-refractivity contribution >= 4 is 69.6 Å². The predicted molar refractivity (Wildman–Crippen MR) is 218 cm³/mol. The van der Waals surface area contributed by atoms with Gasteiger partial charge in [-0.25, -0.2) is 4.98 Å². The molecule has 0 unspecified atom stereocenters. The zero-order valence-electron chi connectivity index (χ0n) is 28.8. The quantitative estimate of drug-likeness (QED) is 0.138. The number of halogens is 6. The fraction of sp³-hybridized carbons (Fsp3) is 0.122. The van der Waals surface area contributed by atoms with E-state index < -0.39 is 5.56 Å². The van der Waals surface area contributed by atoms with Crippen LogP contribution < -0.4 is 19.8 Å². The van der Waals surface area contributed by atoms with Crippen LogP contribution in [0.5, 0.6) is 28.9 Å². The Morgan fingerprint density at radius 1 is 0.618 bits per heavy atom. The van der Waals surface area contributed by atoms with Crippen molar-refractivity contribution in [3.63, 3.8) is 0 Å². The summed E-state index contributed by atoms with van der Waals surface area (Å²) in [6.45, 7) is 0. The molecule has 0 fully saturated rings. The molecule has 55 heavy (non-hydrogen) atoms. The molecule has 0 aliphatic rings. The molecular weight excluding hydrogens is 825 g/mol. The Labute approximate surface area is 347 Å². The molecule has 0 bridgehead atoms. The van der Waals surface area contributed by atoms with Crippen LogP contribution in [0.4, 0.5) is 0 Å². The number of nitrogens with one attached hydrogen (secondary N) is 1. The van der Waals surface area contributed by atoms with Gasteiger partial charge in [-0.15, -0.1) is 0 Å². The van der Waals surface area contributed by atoms with E-state index in [2.05, 4.69) is 9.97 Å². The largest absolute Gasteiger partial charge is 0.480 e. The molecule has 0 aliphatic heterocycles. The summed E-state index contributed by atoms with van der Waals surface area (Å²) in [6, 6.07) is 32.0. The third kappa shape index (κ3) is 12.0. The van der Waals surface area contributed by atoms with Crippen LogP contribution in [-0.4, -0.2) is 17.1 Å². The van der Waals surface area contributed by atoms with Crippen molar-refractivity contribution in [3.8, 4) is 41.0 Å². The fourth-order valence-corrected chi connectivity index (χ4v) is 6.44. The lowest BCUT2D eigenvalue weighted by molar-refractivity contribution is 0.390. The number of nitrogens with zero attached hydrogens (tertiary/aromatic N) is 3. The number of benzene rings is 4. The first-order valence-electron chi connectivity index (χ1n) is 16.3. The minimum absolute atomic E-state index is 0.0695. The van der Waals surface area contributed by atoms with Gasteiger partial charge in [0.1, 0.15) is 21.5 Å². The van der Waals surface area contributed by atoms with E-state index in [1.165, 1.54) is 19.2 Å². The van der Waals surface area contributed by atoms with Gasteiger partial charge in [-0.1, -0.05) is 93.9 Å². The van der Waals surface area contributed by atoms with Crippen molar-refractivity contribution in [2.45, 2.75) is 25.7 Å². The van der Waals surface area contributed by atoms with E-state index >= 15 is 0 Å². The van der Waals surface area contributed by atoms with Crippen LogP contribution in [0, 0.1) is 22.7 Å². The molecule has 2 aromatic heterocycles. The Morgan fingerprint density at radius 3 is 1.65 bits per heavy atom. The van der Waals surface area contributed by atoms with Crippen LogP contribution in [-0.2, 0) is 25.7 Å². The fourth-order valence-electron chi connectivity index (χ4n) is 5.21. The molecule has 8 nitrogen and oxygen atoms in total. The standard InChI is InChI=1S/C21H15Cl3N2O2.C20H13Cl3N2O2/c1-27-21-20(24)19(28-18-9-14(12-25)8-16(23)10-18)11-17(26-21)6-5-13-3-2-4-15(22)7-13;21-14-3-1-2-12(6-14)4-5-16-10-18(19(23)20(26)25-16)27-17-8-13(11-24)7-15(22)9-17/h2-4,7-11H,5-6H2,1H3;1-3,6-10H,4-5H2,(H,25,26).